The topological polar surface area (TPSA) is 0 Å². The van der Waals surface area contributed by atoms with E-state index >= 15 is 0 Å². The van der Waals surface area contributed by atoms with Crippen LogP contribution < -0.4 is 0 Å². The summed E-state index contributed by atoms with van der Waals surface area (Å²) < 4.78 is 13.1. The fourth-order valence-corrected chi connectivity index (χ4v) is 2.69. The molecular weight excluding hydrogens is 187 g/mol. The fourth-order valence-electron chi connectivity index (χ4n) is 2.69. The molecule has 2 atom stereocenters. The highest BCUT2D eigenvalue weighted by Crippen LogP contribution is 2.41. The van der Waals surface area contributed by atoms with Crippen molar-refractivity contribution < 1.29 is 4.39 Å². The summed E-state index contributed by atoms with van der Waals surface area (Å²) >= 11 is 0. The second-order valence-electron chi connectivity index (χ2n) is 5.07. The van der Waals surface area contributed by atoms with Gasteiger partial charge >= 0.3 is 0 Å². The van der Waals surface area contributed by atoms with Crippen LogP contribution in [0.5, 0.6) is 0 Å². The Hall–Kier alpha value is -0.850. The molecule has 0 aliphatic heterocycles. The first-order valence-corrected chi connectivity index (χ1v) is 5.92. The molecule has 0 radical (unpaired) electrons. The van der Waals surface area contributed by atoms with Crippen molar-refractivity contribution in [2.24, 2.45) is 11.8 Å². The largest absolute Gasteiger partial charge is 0.207 e. The van der Waals surface area contributed by atoms with Crippen LogP contribution in [-0.4, -0.2) is 0 Å². The van der Waals surface area contributed by atoms with Crippen LogP contribution in [0.2, 0.25) is 0 Å². The predicted molar refractivity (Wildman–Crippen MR) is 61.3 cm³/mol. The molecule has 0 aromatic heterocycles. The van der Waals surface area contributed by atoms with Gasteiger partial charge in [-0.1, -0.05) is 26.0 Å². The molecule has 0 bridgehead atoms. The summed E-state index contributed by atoms with van der Waals surface area (Å²) in [6, 6.07) is 7.12. The van der Waals surface area contributed by atoms with Gasteiger partial charge in [0, 0.05) is 0 Å². The van der Waals surface area contributed by atoms with Crippen LogP contribution in [0.4, 0.5) is 4.39 Å². The average Bonchev–Trinajstić information content (AvgIpc) is 2.66. The van der Waals surface area contributed by atoms with E-state index in [-0.39, 0.29) is 5.82 Å². The summed E-state index contributed by atoms with van der Waals surface area (Å²) in [6.45, 7) is 4.58. The Balaban J connectivity index is 2.08. The normalized spacial score (nSPS) is 26.1. The summed E-state index contributed by atoms with van der Waals surface area (Å²) in [5, 5.41) is 0. The summed E-state index contributed by atoms with van der Waals surface area (Å²) in [5.74, 6) is 2.09. The first-order valence-electron chi connectivity index (χ1n) is 5.92. The maximum absolute atomic E-state index is 13.1. The third-order valence-electron chi connectivity index (χ3n) is 3.74. The summed E-state index contributed by atoms with van der Waals surface area (Å²) in [7, 11) is 0. The second kappa shape index (κ2) is 4.34. The molecule has 1 aromatic rings. The lowest BCUT2D eigenvalue weighted by atomic mass is 9.91. The monoisotopic (exact) mass is 206 g/mol. The number of hydrogen-bond donors (Lipinski definition) is 0. The molecule has 0 unspecified atom stereocenters. The molecule has 1 aliphatic carbocycles. The summed E-state index contributed by atoms with van der Waals surface area (Å²) in [4.78, 5) is 0. The third kappa shape index (κ3) is 2.39. The molecule has 1 fully saturated rings. The van der Waals surface area contributed by atoms with E-state index in [0.29, 0.717) is 5.92 Å². The van der Waals surface area contributed by atoms with Gasteiger partial charge in [-0.3, -0.25) is 0 Å². The van der Waals surface area contributed by atoms with E-state index in [1.807, 2.05) is 6.07 Å². The van der Waals surface area contributed by atoms with Gasteiger partial charge in [0.15, 0.2) is 0 Å². The van der Waals surface area contributed by atoms with Gasteiger partial charge in [0.2, 0.25) is 0 Å². The van der Waals surface area contributed by atoms with E-state index in [1.54, 1.807) is 6.07 Å². The van der Waals surface area contributed by atoms with Crippen LogP contribution in [-0.2, 0) is 0 Å². The smallest absolute Gasteiger partial charge is 0.123 e. The molecule has 1 aliphatic rings. The Bertz CT molecular complexity index is 330. The lowest BCUT2D eigenvalue weighted by Crippen LogP contribution is -2.03. The lowest BCUT2D eigenvalue weighted by molar-refractivity contribution is 0.391. The van der Waals surface area contributed by atoms with E-state index in [4.69, 9.17) is 0 Å². The highest BCUT2D eigenvalue weighted by atomic mass is 19.1. The average molecular weight is 206 g/mol. The minimum Gasteiger partial charge on any atom is -0.207 e. The number of halogens is 1. The Morgan fingerprint density at radius 2 is 2.07 bits per heavy atom. The molecule has 0 saturated heterocycles. The van der Waals surface area contributed by atoms with E-state index in [9.17, 15) is 4.39 Å². The maximum atomic E-state index is 13.1. The van der Waals surface area contributed by atoms with Gasteiger partial charge in [-0.2, -0.15) is 0 Å². The van der Waals surface area contributed by atoms with Gasteiger partial charge in [-0.25, -0.2) is 4.39 Å². The number of benzene rings is 1. The second-order valence-corrected chi connectivity index (χ2v) is 5.07. The zero-order valence-corrected chi connectivity index (χ0v) is 9.54. The van der Waals surface area contributed by atoms with Crippen molar-refractivity contribution in [2.75, 3.05) is 0 Å². The fraction of sp³-hybridized carbons (Fsp3) is 0.571. The molecule has 1 saturated carbocycles. The predicted octanol–water partition coefficient (Wildman–Crippen LogP) is 4.37. The van der Waals surface area contributed by atoms with Gasteiger partial charge in [0.1, 0.15) is 5.82 Å². The first-order chi connectivity index (χ1) is 7.16. The quantitative estimate of drug-likeness (QED) is 0.674. The molecule has 2 rings (SSSR count). The van der Waals surface area contributed by atoms with Crippen LogP contribution in [0.1, 0.15) is 44.6 Å². The highest BCUT2D eigenvalue weighted by Gasteiger charge is 2.27. The van der Waals surface area contributed by atoms with Gasteiger partial charge in [-0.05, 0) is 54.7 Å². The minimum absolute atomic E-state index is 0.0968. The lowest BCUT2D eigenvalue weighted by Gasteiger charge is -2.14. The zero-order valence-electron chi connectivity index (χ0n) is 9.54. The van der Waals surface area contributed by atoms with Crippen LogP contribution in [0.3, 0.4) is 0 Å². The first kappa shape index (κ1) is 10.7. The van der Waals surface area contributed by atoms with E-state index in [0.717, 1.165) is 11.8 Å². The molecule has 1 aromatic carbocycles. The van der Waals surface area contributed by atoms with Crippen molar-refractivity contribution in [3.8, 4) is 0 Å². The van der Waals surface area contributed by atoms with Gasteiger partial charge in [-0.15, -0.1) is 0 Å². The SMILES string of the molecule is CC(C)[C@H]1CC[C@@H](c2cccc(F)c2)C1. The molecule has 0 N–H and O–H groups in total. The Morgan fingerprint density at radius 3 is 2.67 bits per heavy atom. The van der Waals surface area contributed by atoms with Crippen molar-refractivity contribution in [2.45, 2.75) is 39.0 Å². The van der Waals surface area contributed by atoms with Crippen LogP contribution in [0.15, 0.2) is 24.3 Å². The molecule has 82 valence electrons. The van der Waals surface area contributed by atoms with Gasteiger partial charge in [0.05, 0.1) is 0 Å². The number of hydrogen-bond acceptors (Lipinski definition) is 0. The molecular formula is C14H19F. The van der Waals surface area contributed by atoms with Crippen molar-refractivity contribution in [3.05, 3.63) is 35.6 Å². The zero-order chi connectivity index (χ0) is 10.8. The van der Waals surface area contributed by atoms with Crippen molar-refractivity contribution in [1.82, 2.24) is 0 Å². The van der Waals surface area contributed by atoms with Crippen molar-refractivity contribution in [1.29, 1.82) is 0 Å². The van der Waals surface area contributed by atoms with Gasteiger partial charge in [0.25, 0.3) is 0 Å². The van der Waals surface area contributed by atoms with E-state index in [2.05, 4.69) is 19.9 Å². The van der Waals surface area contributed by atoms with Crippen LogP contribution in [0.25, 0.3) is 0 Å². The Labute approximate surface area is 91.5 Å². The summed E-state index contributed by atoms with van der Waals surface area (Å²) in [5.41, 5.74) is 1.19. The Kier molecular flexibility index (Phi) is 3.08. The molecule has 0 amide bonds. The number of rotatable bonds is 2. The molecule has 0 heterocycles. The molecule has 15 heavy (non-hydrogen) atoms. The van der Waals surface area contributed by atoms with E-state index in [1.165, 1.54) is 30.9 Å². The minimum atomic E-state index is -0.0968. The molecule has 0 spiro atoms. The maximum Gasteiger partial charge on any atom is 0.123 e. The third-order valence-corrected chi connectivity index (χ3v) is 3.74. The Morgan fingerprint density at radius 1 is 1.27 bits per heavy atom. The summed E-state index contributed by atoms with van der Waals surface area (Å²) in [6.07, 6.45) is 3.77. The molecule has 1 heteroatoms. The van der Waals surface area contributed by atoms with Crippen LogP contribution >= 0.6 is 0 Å². The van der Waals surface area contributed by atoms with Crippen molar-refractivity contribution >= 4 is 0 Å². The van der Waals surface area contributed by atoms with E-state index < -0.39 is 0 Å². The van der Waals surface area contributed by atoms with Gasteiger partial charge < -0.3 is 0 Å². The standard InChI is InChI=1S/C14H19F/c1-10(2)11-6-7-13(8-11)12-4-3-5-14(15)9-12/h3-5,9-11,13H,6-8H2,1-2H3/t11-,13+/m0/s1. The highest BCUT2D eigenvalue weighted by molar-refractivity contribution is 5.21. The van der Waals surface area contributed by atoms with Crippen LogP contribution in [0, 0.1) is 17.7 Å². The van der Waals surface area contributed by atoms with Crippen molar-refractivity contribution in [3.63, 3.8) is 0 Å². The molecule has 0 nitrogen and oxygen atoms in total.